The summed E-state index contributed by atoms with van der Waals surface area (Å²) in [5.41, 5.74) is 0. The van der Waals surface area contributed by atoms with E-state index in [1.165, 1.54) is 7.11 Å². The molecule has 0 spiro atoms. The van der Waals surface area contributed by atoms with Crippen LogP contribution >= 0.6 is 0 Å². The maximum Gasteiger partial charge on any atom is 0.309 e. The molecule has 2 rings (SSSR count). The lowest BCUT2D eigenvalue weighted by atomic mass is 9.94. The Morgan fingerprint density at radius 1 is 1.55 bits per heavy atom. The number of rotatable bonds is 1. The zero-order chi connectivity index (χ0) is 7.84. The summed E-state index contributed by atoms with van der Waals surface area (Å²) in [7, 11) is 1.45. The normalized spacial score (nSPS) is 39.5. The standard InChI is InChI=1S/C9H11O2/c1-11-9(10)8-5-6-2-3-7(8)4-6/h2-3,5-8H,4H2,1H3/t6-,7+,8-/m1/s1. The van der Waals surface area contributed by atoms with Crippen LogP contribution < -0.4 is 0 Å². The van der Waals surface area contributed by atoms with Crippen molar-refractivity contribution in [3.63, 3.8) is 0 Å². The Morgan fingerprint density at radius 2 is 2.36 bits per heavy atom. The van der Waals surface area contributed by atoms with Gasteiger partial charge in [-0.05, 0) is 24.7 Å². The molecule has 0 saturated heterocycles. The van der Waals surface area contributed by atoms with Crippen molar-refractivity contribution in [1.29, 1.82) is 0 Å². The molecule has 2 aliphatic carbocycles. The van der Waals surface area contributed by atoms with Gasteiger partial charge in [-0.3, -0.25) is 4.79 Å². The number of esters is 1. The number of allylic oxidation sites excluding steroid dienone is 2. The third-order valence-corrected chi connectivity index (χ3v) is 2.54. The topological polar surface area (TPSA) is 26.3 Å². The molecule has 2 heteroatoms. The minimum absolute atomic E-state index is 0.0370. The molecule has 0 unspecified atom stereocenters. The van der Waals surface area contributed by atoms with E-state index in [1.54, 1.807) is 0 Å². The van der Waals surface area contributed by atoms with Gasteiger partial charge in [-0.2, -0.15) is 0 Å². The van der Waals surface area contributed by atoms with Crippen molar-refractivity contribution in [1.82, 2.24) is 0 Å². The Morgan fingerprint density at radius 3 is 2.82 bits per heavy atom. The van der Waals surface area contributed by atoms with Crippen molar-refractivity contribution in [3.05, 3.63) is 18.6 Å². The van der Waals surface area contributed by atoms with Crippen molar-refractivity contribution in [2.24, 2.45) is 17.8 Å². The quantitative estimate of drug-likeness (QED) is 0.415. The smallest absolute Gasteiger partial charge is 0.309 e. The Labute approximate surface area is 66.2 Å². The number of fused-ring (bicyclic) bond motifs is 2. The van der Waals surface area contributed by atoms with Crippen LogP contribution in [-0.2, 0) is 9.53 Å². The highest BCUT2D eigenvalue weighted by Crippen LogP contribution is 2.42. The predicted molar refractivity (Wildman–Crippen MR) is 40.5 cm³/mol. The van der Waals surface area contributed by atoms with Gasteiger partial charge in [0.25, 0.3) is 0 Å². The zero-order valence-corrected chi connectivity index (χ0v) is 6.49. The molecule has 0 aromatic carbocycles. The Balaban J connectivity index is 2.08. The molecule has 1 saturated carbocycles. The third-order valence-electron chi connectivity index (χ3n) is 2.54. The van der Waals surface area contributed by atoms with Crippen LogP contribution in [0.2, 0.25) is 0 Å². The highest BCUT2D eigenvalue weighted by atomic mass is 16.5. The molecule has 2 aliphatic rings. The molecule has 2 bridgehead atoms. The molecule has 0 amide bonds. The van der Waals surface area contributed by atoms with Crippen LogP contribution in [0.25, 0.3) is 0 Å². The van der Waals surface area contributed by atoms with Crippen LogP contribution in [0.5, 0.6) is 0 Å². The summed E-state index contributed by atoms with van der Waals surface area (Å²) in [6, 6.07) is 0. The number of hydrogen-bond acceptors (Lipinski definition) is 2. The summed E-state index contributed by atoms with van der Waals surface area (Å²) in [6.07, 6.45) is 7.51. The van der Waals surface area contributed by atoms with E-state index < -0.39 is 0 Å². The van der Waals surface area contributed by atoms with Gasteiger partial charge in [0.1, 0.15) is 0 Å². The molecular formula is C9H11O2. The van der Waals surface area contributed by atoms with Crippen LogP contribution in [0.4, 0.5) is 0 Å². The summed E-state index contributed by atoms with van der Waals surface area (Å²) >= 11 is 0. The van der Waals surface area contributed by atoms with Crippen LogP contribution in [-0.4, -0.2) is 13.1 Å². The van der Waals surface area contributed by atoms with Gasteiger partial charge < -0.3 is 4.74 Å². The van der Waals surface area contributed by atoms with E-state index in [9.17, 15) is 4.79 Å². The van der Waals surface area contributed by atoms with E-state index in [4.69, 9.17) is 0 Å². The largest absolute Gasteiger partial charge is 0.469 e. The fourth-order valence-corrected chi connectivity index (χ4v) is 1.96. The monoisotopic (exact) mass is 151 g/mol. The van der Waals surface area contributed by atoms with Crippen LogP contribution in [0.15, 0.2) is 12.2 Å². The second-order valence-electron chi connectivity index (χ2n) is 3.19. The minimum Gasteiger partial charge on any atom is -0.469 e. The summed E-state index contributed by atoms with van der Waals surface area (Å²) in [5, 5.41) is 0. The number of methoxy groups -OCH3 is 1. The molecule has 11 heavy (non-hydrogen) atoms. The van der Waals surface area contributed by atoms with Crippen molar-refractivity contribution >= 4 is 5.97 Å². The molecule has 0 N–H and O–H groups in total. The van der Waals surface area contributed by atoms with Gasteiger partial charge in [-0.1, -0.05) is 12.2 Å². The van der Waals surface area contributed by atoms with Gasteiger partial charge in [0.2, 0.25) is 0 Å². The van der Waals surface area contributed by atoms with Crippen molar-refractivity contribution in [3.8, 4) is 0 Å². The Kier molecular flexibility index (Phi) is 1.48. The second-order valence-corrected chi connectivity index (χ2v) is 3.19. The van der Waals surface area contributed by atoms with E-state index in [0.29, 0.717) is 11.8 Å². The van der Waals surface area contributed by atoms with Gasteiger partial charge in [0, 0.05) is 0 Å². The first kappa shape index (κ1) is 6.89. The van der Waals surface area contributed by atoms with Gasteiger partial charge in [-0.25, -0.2) is 0 Å². The Bertz CT molecular complexity index is 208. The number of carbonyl (C=O) groups is 1. The molecule has 0 aliphatic heterocycles. The maximum absolute atomic E-state index is 11.1. The Hall–Kier alpha value is -0.790. The molecule has 0 heterocycles. The zero-order valence-electron chi connectivity index (χ0n) is 6.49. The summed E-state index contributed by atoms with van der Waals surface area (Å²) in [5.74, 6) is 0.911. The summed E-state index contributed by atoms with van der Waals surface area (Å²) < 4.78 is 4.68. The first-order chi connectivity index (χ1) is 5.31. The average Bonchev–Trinajstić information content (AvgIpc) is 2.62. The van der Waals surface area contributed by atoms with E-state index >= 15 is 0 Å². The van der Waals surface area contributed by atoms with E-state index in [-0.39, 0.29) is 11.9 Å². The second kappa shape index (κ2) is 2.36. The highest BCUT2D eigenvalue weighted by molar-refractivity contribution is 5.75. The van der Waals surface area contributed by atoms with Gasteiger partial charge in [0.05, 0.1) is 13.0 Å². The van der Waals surface area contributed by atoms with Gasteiger partial charge in [-0.15, -0.1) is 0 Å². The van der Waals surface area contributed by atoms with E-state index in [2.05, 4.69) is 23.3 Å². The number of carbonyl (C=O) groups excluding carboxylic acids is 1. The molecule has 0 aromatic rings. The SMILES string of the molecule is COC(=O)[C@@H]1[CH][C@@H]2C=C[C@H]1C2. The molecule has 2 nitrogen and oxygen atoms in total. The summed E-state index contributed by atoms with van der Waals surface area (Å²) in [6.45, 7) is 0. The molecule has 1 radical (unpaired) electrons. The first-order valence-corrected chi connectivity index (χ1v) is 3.92. The molecule has 1 fully saturated rings. The predicted octanol–water partition coefficient (Wildman–Crippen LogP) is 1.19. The average molecular weight is 151 g/mol. The van der Waals surface area contributed by atoms with Gasteiger partial charge >= 0.3 is 5.97 Å². The van der Waals surface area contributed by atoms with Crippen LogP contribution in [0.1, 0.15) is 6.42 Å². The summed E-state index contributed by atoms with van der Waals surface area (Å²) in [4.78, 5) is 11.1. The van der Waals surface area contributed by atoms with E-state index in [1.807, 2.05) is 0 Å². The van der Waals surface area contributed by atoms with Crippen LogP contribution in [0, 0.1) is 24.2 Å². The fourth-order valence-electron chi connectivity index (χ4n) is 1.96. The fraction of sp³-hybridized carbons (Fsp3) is 0.556. The maximum atomic E-state index is 11.1. The van der Waals surface area contributed by atoms with E-state index in [0.717, 1.165) is 6.42 Å². The lowest BCUT2D eigenvalue weighted by Gasteiger charge is -2.13. The minimum atomic E-state index is -0.0816. The lowest BCUT2D eigenvalue weighted by Crippen LogP contribution is -2.20. The van der Waals surface area contributed by atoms with Crippen molar-refractivity contribution in [2.75, 3.05) is 7.11 Å². The molecule has 0 aromatic heterocycles. The third kappa shape index (κ3) is 0.971. The van der Waals surface area contributed by atoms with Crippen LogP contribution in [0.3, 0.4) is 0 Å². The lowest BCUT2D eigenvalue weighted by molar-refractivity contribution is -0.144. The van der Waals surface area contributed by atoms with Crippen molar-refractivity contribution in [2.45, 2.75) is 6.42 Å². The first-order valence-electron chi connectivity index (χ1n) is 3.92. The van der Waals surface area contributed by atoms with Gasteiger partial charge in [0.15, 0.2) is 0 Å². The molecular weight excluding hydrogens is 140 g/mol. The molecule has 59 valence electrons. The molecule has 3 atom stereocenters. The number of hydrogen-bond donors (Lipinski definition) is 0. The van der Waals surface area contributed by atoms with Crippen molar-refractivity contribution < 1.29 is 9.53 Å². The number of ether oxygens (including phenoxy) is 1. The highest BCUT2D eigenvalue weighted by Gasteiger charge is 2.40.